The Morgan fingerprint density at radius 1 is 1.10 bits per heavy atom. The minimum Gasteiger partial charge on any atom is -0.497 e. The molecular weight excluding hydrogens is 501 g/mol. The highest BCUT2D eigenvalue weighted by Gasteiger charge is 2.34. The summed E-state index contributed by atoms with van der Waals surface area (Å²) >= 11 is 0. The van der Waals surface area contributed by atoms with E-state index < -0.39 is 0 Å². The zero-order chi connectivity index (χ0) is 20.8. The highest BCUT2D eigenvalue weighted by molar-refractivity contribution is 14.0. The molecule has 3 fully saturated rings. The fourth-order valence-corrected chi connectivity index (χ4v) is 4.87. The summed E-state index contributed by atoms with van der Waals surface area (Å²) in [5.74, 6) is 2.61. The van der Waals surface area contributed by atoms with E-state index >= 15 is 0 Å². The van der Waals surface area contributed by atoms with Gasteiger partial charge in [-0.1, -0.05) is 12.1 Å². The third kappa shape index (κ3) is 6.96. The molecule has 2 unspecified atom stereocenters. The average molecular weight is 542 g/mol. The van der Waals surface area contributed by atoms with Gasteiger partial charge in [0.05, 0.1) is 19.7 Å². The summed E-state index contributed by atoms with van der Waals surface area (Å²) in [6.45, 7) is 9.68. The minimum atomic E-state index is 0. The lowest BCUT2D eigenvalue weighted by Gasteiger charge is -2.27. The van der Waals surface area contributed by atoms with E-state index in [1.807, 2.05) is 0 Å². The maximum absolute atomic E-state index is 5.35. The Morgan fingerprint density at radius 3 is 2.48 bits per heavy atom. The molecular formula is C24H40IN5O. The van der Waals surface area contributed by atoms with Crippen molar-refractivity contribution in [3.63, 3.8) is 0 Å². The minimum absolute atomic E-state index is 0. The molecule has 0 bridgehead atoms. The van der Waals surface area contributed by atoms with Crippen molar-refractivity contribution in [1.82, 2.24) is 20.4 Å². The molecule has 2 atom stereocenters. The van der Waals surface area contributed by atoms with Crippen LogP contribution in [0.2, 0.25) is 0 Å². The summed E-state index contributed by atoms with van der Waals surface area (Å²) in [6, 6.07) is 9.74. The van der Waals surface area contributed by atoms with Crippen molar-refractivity contribution in [2.75, 3.05) is 52.9 Å². The first-order chi connectivity index (χ1) is 14.8. The van der Waals surface area contributed by atoms with Gasteiger partial charge < -0.3 is 20.3 Å². The van der Waals surface area contributed by atoms with Gasteiger partial charge in [-0.05, 0) is 82.3 Å². The summed E-state index contributed by atoms with van der Waals surface area (Å²) in [5.41, 5.74) is 1.33. The van der Waals surface area contributed by atoms with Crippen LogP contribution in [0.25, 0.3) is 0 Å². The highest BCUT2D eigenvalue weighted by Crippen LogP contribution is 2.31. The SMILES string of the molecule is CCNC(=NCC(c1ccc(OC)cc1)N1CCCC1)NCC1CCN(C2CC2)C1.I. The number of nitrogens with zero attached hydrogens (tertiary/aromatic N) is 3. The molecule has 2 N–H and O–H groups in total. The van der Waals surface area contributed by atoms with Crippen LogP contribution in [-0.4, -0.2) is 74.7 Å². The molecule has 0 radical (unpaired) electrons. The Hall–Kier alpha value is -1.06. The van der Waals surface area contributed by atoms with Crippen LogP contribution in [0.4, 0.5) is 0 Å². The fraction of sp³-hybridized carbons (Fsp3) is 0.708. The van der Waals surface area contributed by atoms with Crippen molar-refractivity contribution in [3.8, 4) is 5.75 Å². The molecule has 2 heterocycles. The average Bonchev–Trinajstić information content (AvgIpc) is 3.27. The highest BCUT2D eigenvalue weighted by atomic mass is 127. The molecule has 4 rings (SSSR count). The monoisotopic (exact) mass is 541 g/mol. The molecule has 174 valence electrons. The van der Waals surface area contributed by atoms with Gasteiger partial charge in [0.15, 0.2) is 5.96 Å². The van der Waals surface area contributed by atoms with Crippen LogP contribution in [0, 0.1) is 5.92 Å². The van der Waals surface area contributed by atoms with E-state index in [-0.39, 0.29) is 24.0 Å². The topological polar surface area (TPSA) is 52.1 Å². The van der Waals surface area contributed by atoms with Crippen LogP contribution in [0.3, 0.4) is 0 Å². The van der Waals surface area contributed by atoms with Crippen molar-refractivity contribution >= 4 is 29.9 Å². The van der Waals surface area contributed by atoms with Gasteiger partial charge in [-0.3, -0.25) is 9.89 Å². The van der Waals surface area contributed by atoms with E-state index in [2.05, 4.69) is 51.6 Å². The molecule has 1 saturated carbocycles. The van der Waals surface area contributed by atoms with E-state index in [4.69, 9.17) is 9.73 Å². The van der Waals surface area contributed by atoms with Crippen molar-refractivity contribution < 1.29 is 4.74 Å². The van der Waals surface area contributed by atoms with Crippen LogP contribution in [0.1, 0.15) is 50.6 Å². The quantitative estimate of drug-likeness (QED) is 0.285. The predicted octanol–water partition coefficient (Wildman–Crippen LogP) is 3.49. The molecule has 1 aliphatic carbocycles. The lowest BCUT2D eigenvalue weighted by Crippen LogP contribution is -2.41. The van der Waals surface area contributed by atoms with Crippen LogP contribution in [-0.2, 0) is 0 Å². The molecule has 0 spiro atoms. The van der Waals surface area contributed by atoms with Crippen molar-refractivity contribution in [2.45, 2.75) is 51.1 Å². The second kappa shape index (κ2) is 12.3. The molecule has 2 aliphatic heterocycles. The molecule has 0 aromatic heterocycles. The van der Waals surface area contributed by atoms with Crippen molar-refractivity contribution in [3.05, 3.63) is 29.8 Å². The second-order valence-electron chi connectivity index (χ2n) is 9.01. The van der Waals surface area contributed by atoms with Gasteiger partial charge in [0.1, 0.15) is 5.75 Å². The maximum atomic E-state index is 5.35. The number of hydrogen-bond donors (Lipinski definition) is 2. The molecule has 0 amide bonds. The number of methoxy groups -OCH3 is 1. The van der Waals surface area contributed by atoms with Crippen LogP contribution < -0.4 is 15.4 Å². The Balaban J connectivity index is 0.00000272. The number of rotatable bonds is 9. The number of likely N-dealkylation sites (tertiary alicyclic amines) is 2. The van der Waals surface area contributed by atoms with E-state index in [9.17, 15) is 0 Å². The number of hydrogen-bond acceptors (Lipinski definition) is 4. The molecule has 7 heteroatoms. The molecule has 6 nitrogen and oxygen atoms in total. The zero-order valence-corrected chi connectivity index (χ0v) is 21.5. The van der Waals surface area contributed by atoms with Crippen molar-refractivity contribution in [2.24, 2.45) is 10.9 Å². The maximum Gasteiger partial charge on any atom is 0.191 e. The first kappa shape index (κ1) is 24.6. The molecule has 3 aliphatic rings. The first-order valence-electron chi connectivity index (χ1n) is 11.9. The standard InChI is InChI=1S/C24H39N5O.HI/c1-3-25-24(26-16-19-12-15-29(18-19)21-8-9-21)27-17-23(28-13-4-5-14-28)20-6-10-22(30-2)11-7-20;/h6-7,10-11,19,21,23H,3-5,8-9,12-18H2,1-2H3,(H2,25,26,27);1H. The first-order valence-corrected chi connectivity index (χ1v) is 11.9. The van der Waals surface area contributed by atoms with Crippen LogP contribution in [0.15, 0.2) is 29.3 Å². The van der Waals surface area contributed by atoms with Gasteiger partial charge in [0, 0.05) is 25.7 Å². The number of benzene rings is 1. The summed E-state index contributed by atoms with van der Waals surface area (Å²) in [7, 11) is 1.72. The number of ether oxygens (including phenoxy) is 1. The Labute approximate surface area is 205 Å². The third-order valence-corrected chi connectivity index (χ3v) is 6.79. The molecule has 1 aromatic carbocycles. The van der Waals surface area contributed by atoms with E-state index in [1.165, 1.54) is 50.8 Å². The van der Waals surface area contributed by atoms with Gasteiger partial charge in [-0.15, -0.1) is 24.0 Å². The fourth-order valence-electron chi connectivity index (χ4n) is 4.87. The lowest BCUT2D eigenvalue weighted by atomic mass is 10.1. The summed E-state index contributed by atoms with van der Waals surface area (Å²) in [5, 5.41) is 7.09. The van der Waals surface area contributed by atoms with Crippen molar-refractivity contribution in [1.29, 1.82) is 0 Å². The lowest BCUT2D eigenvalue weighted by molar-refractivity contribution is 0.251. The van der Waals surface area contributed by atoms with E-state index in [0.29, 0.717) is 6.04 Å². The van der Waals surface area contributed by atoms with Gasteiger partial charge in [-0.25, -0.2) is 0 Å². The molecule has 1 aromatic rings. The number of aliphatic imine (C=N–C) groups is 1. The summed E-state index contributed by atoms with van der Waals surface area (Å²) < 4.78 is 5.35. The summed E-state index contributed by atoms with van der Waals surface area (Å²) in [4.78, 5) is 10.3. The van der Waals surface area contributed by atoms with Gasteiger partial charge in [0.25, 0.3) is 0 Å². The zero-order valence-electron chi connectivity index (χ0n) is 19.2. The Morgan fingerprint density at radius 2 is 1.84 bits per heavy atom. The van der Waals surface area contributed by atoms with E-state index in [1.54, 1.807) is 7.11 Å². The normalized spacial score (nSPS) is 23.4. The Kier molecular flexibility index (Phi) is 9.72. The van der Waals surface area contributed by atoms with Crippen LogP contribution >= 0.6 is 24.0 Å². The van der Waals surface area contributed by atoms with E-state index in [0.717, 1.165) is 56.4 Å². The van der Waals surface area contributed by atoms with Gasteiger partial charge in [-0.2, -0.15) is 0 Å². The van der Waals surface area contributed by atoms with Crippen LogP contribution in [0.5, 0.6) is 5.75 Å². The number of guanidine groups is 1. The third-order valence-electron chi connectivity index (χ3n) is 6.79. The van der Waals surface area contributed by atoms with Gasteiger partial charge >= 0.3 is 0 Å². The number of halogens is 1. The molecule has 2 saturated heterocycles. The van der Waals surface area contributed by atoms with Gasteiger partial charge in [0.2, 0.25) is 0 Å². The second-order valence-corrected chi connectivity index (χ2v) is 9.01. The largest absolute Gasteiger partial charge is 0.497 e. The smallest absolute Gasteiger partial charge is 0.191 e. The molecule has 31 heavy (non-hydrogen) atoms. The Bertz CT molecular complexity index is 688. The number of nitrogens with one attached hydrogen (secondary N) is 2. The summed E-state index contributed by atoms with van der Waals surface area (Å²) in [6.07, 6.45) is 6.70. The predicted molar refractivity (Wildman–Crippen MR) is 139 cm³/mol.